The number of carbonyl (C=O) groups is 1. The van der Waals surface area contributed by atoms with Crippen LogP contribution in [0.4, 0.5) is 5.69 Å². The van der Waals surface area contributed by atoms with Crippen molar-refractivity contribution < 1.29 is 34.6 Å². The van der Waals surface area contributed by atoms with E-state index >= 15 is 0 Å². The number of amides is 1. The lowest BCUT2D eigenvalue weighted by molar-refractivity contribution is -0.402. The number of quaternary nitrogens is 1. The number of methoxy groups -OCH3 is 4. The van der Waals surface area contributed by atoms with E-state index in [-0.39, 0.29) is 11.7 Å². The van der Waals surface area contributed by atoms with Gasteiger partial charge in [-0.1, -0.05) is 18.2 Å². The molecule has 0 bridgehead atoms. The molecule has 9 nitrogen and oxygen atoms in total. The maximum absolute atomic E-state index is 13.0. The van der Waals surface area contributed by atoms with Crippen molar-refractivity contribution in [2.45, 2.75) is 12.5 Å². The fraction of sp³-hybridized carbons (Fsp3) is 0.214. The Morgan fingerprint density at radius 3 is 2.18 bits per heavy atom. The van der Waals surface area contributed by atoms with Gasteiger partial charge < -0.3 is 35.1 Å². The van der Waals surface area contributed by atoms with Crippen LogP contribution in [0.15, 0.2) is 60.0 Å². The molecule has 1 aromatic heterocycles. The molecule has 5 N–H and O–H groups in total. The van der Waals surface area contributed by atoms with Gasteiger partial charge in [0.25, 0.3) is 5.91 Å². The number of benzene rings is 3. The molecule has 0 aliphatic rings. The molecule has 1 atom stereocenters. The van der Waals surface area contributed by atoms with Gasteiger partial charge in [-0.3, -0.25) is 4.79 Å². The number of ether oxygens (including phenoxy) is 4. The standard InChI is InChI=1S/C28H29N3O6S/c1-34-23-10-7-17(12-22(23)30-28(33)21(29)11-16-5-8-19(32)9-6-16)20-15-38-31-26(20)18-13-24(35-2)27(37-4)25(14-18)36-3/h5-10,12-15,21,32H,11,29H2,1-4H3,(H,30,33)/p+1/t21-/m0/s1. The van der Waals surface area contributed by atoms with E-state index in [4.69, 9.17) is 18.9 Å². The van der Waals surface area contributed by atoms with Crippen LogP contribution >= 0.6 is 11.5 Å². The topological polar surface area (TPSA) is 127 Å². The van der Waals surface area contributed by atoms with E-state index in [1.54, 1.807) is 58.8 Å². The van der Waals surface area contributed by atoms with Crippen LogP contribution in [0.25, 0.3) is 22.4 Å². The first kappa shape index (κ1) is 26.8. The Kier molecular flexibility index (Phi) is 8.35. The average Bonchev–Trinajstić information content (AvgIpc) is 3.43. The normalized spacial score (nSPS) is 11.5. The summed E-state index contributed by atoms with van der Waals surface area (Å²) < 4.78 is 26.6. The molecule has 3 aromatic carbocycles. The Hall–Kier alpha value is -4.28. The highest BCUT2D eigenvalue weighted by Gasteiger charge is 2.22. The minimum absolute atomic E-state index is 0.175. The predicted octanol–water partition coefficient (Wildman–Crippen LogP) is 4.01. The molecule has 1 amide bonds. The molecular formula is C28H30N3O6S+. The highest BCUT2D eigenvalue weighted by atomic mass is 32.1. The average molecular weight is 537 g/mol. The fourth-order valence-electron chi connectivity index (χ4n) is 4.08. The van der Waals surface area contributed by atoms with Crippen LogP contribution in [-0.4, -0.2) is 49.9 Å². The highest BCUT2D eigenvalue weighted by molar-refractivity contribution is 7.04. The lowest BCUT2D eigenvalue weighted by Crippen LogP contribution is -2.67. The quantitative estimate of drug-likeness (QED) is 0.280. The number of hydrogen-bond donors (Lipinski definition) is 3. The molecule has 0 saturated heterocycles. The van der Waals surface area contributed by atoms with Gasteiger partial charge in [0.2, 0.25) is 5.75 Å². The molecule has 0 spiro atoms. The smallest absolute Gasteiger partial charge is 0.282 e. The maximum Gasteiger partial charge on any atom is 0.282 e. The van der Waals surface area contributed by atoms with Crippen LogP contribution in [0.2, 0.25) is 0 Å². The van der Waals surface area contributed by atoms with Gasteiger partial charge in [-0.25, -0.2) is 0 Å². The second-order valence-corrected chi connectivity index (χ2v) is 9.09. The number of phenolic OH excluding ortho intramolecular Hbond substituents is 1. The molecule has 0 radical (unpaired) electrons. The van der Waals surface area contributed by atoms with Crippen molar-refractivity contribution in [3.05, 3.63) is 65.5 Å². The number of nitrogens with one attached hydrogen (secondary N) is 1. The third kappa shape index (κ3) is 5.66. The number of carbonyl (C=O) groups excluding carboxylic acids is 1. The minimum atomic E-state index is -0.550. The first-order chi connectivity index (χ1) is 18.4. The van der Waals surface area contributed by atoms with Gasteiger partial charge in [-0.2, -0.15) is 4.37 Å². The summed E-state index contributed by atoms with van der Waals surface area (Å²) in [6.45, 7) is 0. The third-order valence-electron chi connectivity index (χ3n) is 6.07. The molecule has 0 aliphatic heterocycles. The zero-order valence-electron chi connectivity index (χ0n) is 21.6. The van der Waals surface area contributed by atoms with Gasteiger partial charge >= 0.3 is 0 Å². The molecule has 38 heavy (non-hydrogen) atoms. The Morgan fingerprint density at radius 1 is 0.921 bits per heavy atom. The summed E-state index contributed by atoms with van der Waals surface area (Å²) in [6.07, 6.45) is 0.424. The lowest BCUT2D eigenvalue weighted by atomic mass is 10.00. The van der Waals surface area contributed by atoms with Crippen LogP contribution in [0.3, 0.4) is 0 Å². The van der Waals surface area contributed by atoms with Gasteiger partial charge in [-0.15, -0.1) is 0 Å². The van der Waals surface area contributed by atoms with Crippen LogP contribution < -0.4 is 30.0 Å². The Bertz CT molecular complexity index is 1400. The molecule has 1 heterocycles. The monoisotopic (exact) mass is 536 g/mol. The number of nitrogens with zero attached hydrogens (tertiary/aromatic N) is 1. The molecule has 0 fully saturated rings. The molecule has 198 valence electrons. The zero-order chi connectivity index (χ0) is 27.2. The third-order valence-corrected chi connectivity index (χ3v) is 6.69. The summed E-state index contributed by atoms with van der Waals surface area (Å²) >= 11 is 1.32. The van der Waals surface area contributed by atoms with Crippen LogP contribution in [0, 0.1) is 0 Å². The SMILES string of the molecule is COc1ccc(-c2csnc2-c2cc(OC)c(OC)c(OC)c2)cc1NC(=O)[C@@H]([NH3+])Cc1ccc(O)cc1. The van der Waals surface area contributed by atoms with E-state index in [0.29, 0.717) is 35.1 Å². The molecule has 0 saturated carbocycles. The van der Waals surface area contributed by atoms with E-state index in [1.807, 2.05) is 29.6 Å². The highest BCUT2D eigenvalue weighted by Crippen LogP contribution is 2.44. The van der Waals surface area contributed by atoms with Gasteiger partial charge in [-0.05, 0) is 59.1 Å². The molecule has 4 rings (SSSR count). The van der Waals surface area contributed by atoms with E-state index in [2.05, 4.69) is 15.4 Å². The largest absolute Gasteiger partial charge is 0.508 e. The summed E-state index contributed by atoms with van der Waals surface area (Å²) in [7, 11) is 6.25. The summed E-state index contributed by atoms with van der Waals surface area (Å²) in [5.41, 5.74) is 8.70. The number of rotatable bonds is 10. The molecule has 0 unspecified atom stereocenters. The van der Waals surface area contributed by atoms with Crippen molar-refractivity contribution in [2.75, 3.05) is 33.8 Å². The van der Waals surface area contributed by atoms with Crippen molar-refractivity contribution in [1.29, 1.82) is 0 Å². The van der Waals surface area contributed by atoms with Gasteiger partial charge in [0.05, 0.1) is 39.8 Å². The fourth-order valence-corrected chi connectivity index (χ4v) is 4.80. The van der Waals surface area contributed by atoms with Crippen LogP contribution in [-0.2, 0) is 11.2 Å². The van der Waals surface area contributed by atoms with Crippen molar-refractivity contribution >= 4 is 23.1 Å². The van der Waals surface area contributed by atoms with E-state index in [0.717, 1.165) is 27.9 Å². The summed E-state index contributed by atoms with van der Waals surface area (Å²) in [6, 6.07) is 15.5. The number of aromatic hydroxyl groups is 1. The summed E-state index contributed by atoms with van der Waals surface area (Å²) in [4.78, 5) is 13.0. The summed E-state index contributed by atoms with van der Waals surface area (Å²) in [5, 5.41) is 14.4. The maximum atomic E-state index is 13.0. The molecule has 4 aromatic rings. The summed E-state index contributed by atoms with van der Waals surface area (Å²) in [5.74, 6) is 2.00. The Morgan fingerprint density at radius 2 is 1.58 bits per heavy atom. The van der Waals surface area contributed by atoms with Crippen molar-refractivity contribution in [3.63, 3.8) is 0 Å². The second-order valence-electron chi connectivity index (χ2n) is 8.46. The zero-order valence-corrected chi connectivity index (χ0v) is 22.4. The van der Waals surface area contributed by atoms with E-state index < -0.39 is 6.04 Å². The Balaban J connectivity index is 1.64. The first-order valence-corrected chi connectivity index (χ1v) is 12.6. The molecule has 0 aliphatic carbocycles. The molecular weight excluding hydrogens is 506 g/mol. The van der Waals surface area contributed by atoms with E-state index in [9.17, 15) is 9.90 Å². The van der Waals surface area contributed by atoms with Gasteiger partial charge in [0, 0.05) is 22.9 Å². The number of aromatic nitrogens is 1. The van der Waals surface area contributed by atoms with Crippen molar-refractivity contribution in [3.8, 4) is 51.1 Å². The van der Waals surface area contributed by atoms with Crippen molar-refractivity contribution in [1.82, 2.24) is 4.37 Å². The van der Waals surface area contributed by atoms with Crippen LogP contribution in [0.1, 0.15) is 5.56 Å². The van der Waals surface area contributed by atoms with Crippen LogP contribution in [0.5, 0.6) is 28.7 Å². The van der Waals surface area contributed by atoms with Crippen molar-refractivity contribution in [2.24, 2.45) is 0 Å². The number of anilines is 1. The minimum Gasteiger partial charge on any atom is -0.508 e. The second kappa shape index (κ2) is 11.8. The first-order valence-electron chi connectivity index (χ1n) is 11.7. The van der Waals surface area contributed by atoms with Gasteiger partial charge in [0.15, 0.2) is 17.5 Å². The molecule has 10 heteroatoms. The predicted molar refractivity (Wildman–Crippen MR) is 146 cm³/mol. The number of phenols is 1. The van der Waals surface area contributed by atoms with Gasteiger partial charge in [0.1, 0.15) is 11.5 Å². The lowest BCUT2D eigenvalue weighted by Gasteiger charge is -2.15. The Labute approximate surface area is 224 Å². The number of hydrogen-bond acceptors (Lipinski definition) is 8. The van der Waals surface area contributed by atoms with E-state index in [1.165, 1.54) is 11.5 Å².